The molecule has 132 valence electrons. The Morgan fingerprint density at radius 3 is 2.73 bits per heavy atom. The fraction of sp³-hybridized carbons (Fsp3) is 0.294. The van der Waals surface area contributed by atoms with Crippen LogP contribution in [0.5, 0.6) is 0 Å². The Hall–Kier alpha value is -3.36. The van der Waals surface area contributed by atoms with E-state index in [9.17, 15) is 10.1 Å². The van der Waals surface area contributed by atoms with Crippen molar-refractivity contribution in [1.29, 1.82) is 0 Å². The van der Waals surface area contributed by atoms with E-state index in [2.05, 4.69) is 20.2 Å². The quantitative estimate of drug-likeness (QED) is 0.413. The Bertz CT molecular complexity index is 1140. The van der Waals surface area contributed by atoms with Gasteiger partial charge in [-0.05, 0) is 26.0 Å². The van der Waals surface area contributed by atoms with Crippen LogP contribution in [0.15, 0.2) is 30.6 Å². The van der Waals surface area contributed by atoms with Crippen molar-refractivity contribution in [3.05, 3.63) is 57.9 Å². The van der Waals surface area contributed by atoms with Gasteiger partial charge in [-0.2, -0.15) is 5.10 Å². The summed E-state index contributed by atoms with van der Waals surface area (Å²) >= 11 is 0. The molecule has 9 nitrogen and oxygen atoms in total. The van der Waals surface area contributed by atoms with Crippen LogP contribution in [0.3, 0.4) is 0 Å². The molecule has 0 saturated heterocycles. The maximum absolute atomic E-state index is 11.2. The number of rotatable bonds is 4. The van der Waals surface area contributed by atoms with Gasteiger partial charge in [0.05, 0.1) is 17.0 Å². The molecule has 0 unspecified atom stereocenters. The molecule has 9 heteroatoms. The largest absolute Gasteiger partial charge is 0.312 e. The minimum atomic E-state index is -0.389. The molecule has 0 radical (unpaired) electrons. The number of nitrogens with zero attached hydrogens (tertiary/aromatic N) is 7. The number of fused-ring (bicyclic) bond motifs is 3. The van der Waals surface area contributed by atoms with Gasteiger partial charge < -0.3 is 0 Å². The molecule has 0 aliphatic rings. The second-order valence-corrected chi connectivity index (χ2v) is 6.36. The lowest BCUT2D eigenvalue weighted by Crippen LogP contribution is -2.11. The standard InChI is InChI=1S/C17H17N7O2/c1-10(8-22-12(3)15(24(25)26)11(2)20-22)16-19-17-13-6-4-5-7-14(13)18-9-23(17)21-16/h4-7,9-10H,8H2,1-3H3/t10-/m1/s1. The van der Waals surface area contributed by atoms with Gasteiger partial charge >= 0.3 is 5.69 Å². The zero-order chi connectivity index (χ0) is 18.4. The van der Waals surface area contributed by atoms with E-state index in [1.807, 2.05) is 31.2 Å². The lowest BCUT2D eigenvalue weighted by atomic mass is 10.1. The fourth-order valence-electron chi connectivity index (χ4n) is 3.18. The van der Waals surface area contributed by atoms with Crippen LogP contribution in [0.1, 0.15) is 30.1 Å². The maximum Gasteiger partial charge on any atom is 0.312 e. The molecule has 0 fully saturated rings. The summed E-state index contributed by atoms with van der Waals surface area (Å²) in [6, 6.07) is 7.77. The summed E-state index contributed by atoms with van der Waals surface area (Å²) in [4.78, 5) is 19.8. The minimum Gasteiger partial charge on any atom is -0.262 e. The minimum absolute atomic E-state index is 0.0636. The molecule has 0 amide bonds. The van der Waals surface area contributed by atoms with Crippen molar-refractivity contribution in [2.24, 2.45) is 0 Å². The third kappa shape index (κ3) is 2.48. The first-order chi connectivity index (χ1) is 12.5. The van der Waals surface area contributed by atoms with Gasteiger partial charge in [-0.1, -0.05) is 19.1 Å². The van der Waals surface area contributed by atoms with Crippen LogP contribution in [-0.4, -0.2) is 34.3 Å². The summed E-state index contributed by atoms with van der Waals surface area (Å²) < 4.78 is 3.32. The van der Waals surface area contributed by atoms with Crippen LogP contribution in [0.2, 0.25) is 0 Å². The lowest BCUT2D eigenvalue weighted by molar-refractivity contribution is -0.386. The molecule has 3 aromatic heterocycles. The zero-order valence-electron chi connectivity index (χ0n) is 14.6. The second-order valence-electron chi connectivity index (χ2n) is 6.36. The monoisotopic (exact) mass is 351 g/mol. The number of hydrogen-bond acceptors (Lipinski definition) is 6. The van der Waals surface area contributed by atoms with Crippen LogP contribution in [0.25, 0.3) is 16.6 Å². The number of nitro groups is 1. The second kappa shape index (κ2) is 5.87. The Morgan fingerprint density at radius 2 is 2.00 bits per heavy atom. The third-order valence-corrected chi connectivity index (χ3v) is 4.51. The van der Waals surface area contributed by atoms with E-state index in [4.69, 9.17) is 0 Å². The van der Waals surface area contributed by atoms with Crippen molar-refractivity contribution in [3.63, 3.8) is 0 Å². The van der Waals surface area contributed by atoms with Crippen molar-refractivity contribution in [1.82, 2.24) is 29.4 Å². The Balaban J connectivity index is 1.71. The van der Waals surface area contributed by atoms with Gasteiger partial charge in [0.25, 0.3) is 0 Å². The van der Waals surface area contributed by atoms with Gasteiger partial charge in [-0.15, -0.1) is 5.10 Å². The van der Waals surface area contributed by atoms with Crippen LogP contribution in [0, 0.1) is 24.0 Å². The molecule has 0 bridgehead atoms. The molecule has 1 aromatic carbocycles. The number of aryl methyl sites for hydroxylation is 1. The van der Waals surface area contributed by atoms with E-state index in [0.717, 1.165) is 16.6 Å². The molecular weight excluding hydrogens is 334 g/mol. The van der Waals surface area contributed by atoms with E-state index >= 15 is 0 Å². The van der Waals surface area contributed by atoms with E-state index in [0.29, 0.717) is 23.8 Å². The van der Waals surface area contributed by atoms with Crippen molar-refractivity contribution in [2.45, 2.75) is 33.2 Å². The smallest absolute Gasteiger partial charge is 0.262 e. The van der Waals surface area contributed by atoms with E-state index in [1.54, 1.807) is 29.4 Å². The molecule has 4 aromatic rings. The maximum atomic E-state index is 11.2. The summed E-state index contributed by atoms with van der Waals surface area (Å²) in [5.41, 5.74) is 2.63. The average Bonchev–Trinajstić information content (AvgIpc) is 3.16. The average molecular weight is 351 g/mol. The fourth-order valence-corrected chi connectivity index (χ4v) is 3.18. The molecule has 1 atom stereocenters. The first-order valence-electron chi connectivity index (χ1n) is 8.24. The van der Waals surface area contributed by atoms with Crippen molar-refractivity contribution in [3.8, 4) is 0 Å². The first-order valence-corrected chi connectivity index (χ1v) is 8.24. The Morgan fingerprint density at radius 1 is 1.23 bits per heavy atom. The molecule has 4 rings (SSSR count). The number of aromatic nitrogens is 6. The normalized spacial score (nSPS) is 12.7. The van der Waals surface area contributed by atoms with E-state index in [1.165, 1.54) is 0 Å². The van der Waals surface area contributed by atoms with Gasteiger partial charge in [-0.25, -0.2) is 14.5 Å². The summed E-state index contributed by atoms with van der Waals surface area (Å²) in [6.45, 7) is 5.79. The third-order valence-electron chi connectivity index (χ3n) is 4.51. The summed E-state index contributed by atoms with van der Waals surface area (Å²) in [5.74, 6) is 0.588. The molecule has 26 heavy (non-hydrogen) atoms. The van der Waals surface area contributed by atoms with Crippen LogP contribution in [0.4, 0.5) is 5.69 Å². The number of benzene rings is 1. The zero-order valence-corrected chi connectivity index (χ0v) is 14.6. The topological polar surface area (TPSA) is 104 Å². The van der Waals surface area contributed by atoms with E-state index < -0.39 is 0 Å². The molecular formula is C17H17N7O2. The highest BCUT2D eigenvalue weighted by atomic mass is 16.6. The van der Waals surface area contributed by atoms with Crippen molar-refractivity contribution >= 4 is 22.2 Å². The van der Waals surface area contributed by atoms with Crippen LogP contribution < -0.4 is 0 Å². The molecule has 0 spiro atoms. The molecule has 3 heterocycles. The highest BCUT2D eigenvalue weighted by Crippen LogP contribution is 2.25. The van der Waals surface area contributed by atoms with E-state index in [-0.39, 0.29) is 16.5 Å². The molecule has 0 aliphatic carbocycles. The van der Waals surface area contributed by atoms with Crippen LogP contribution >= 0.6 is 0 Å². The number of para-hydroxylation sites is 1. The van der Waals surface area contributed by atoms with Gasteiger partial charge in [-0.3, -0.25) is 14.8 Å². The van der Waals surface area contributed by atoms with Crippen molar-refractivity contribution < 1.29 is 4.92 Å². The number of hydrogen-bond donors (Lipinski definition) is 0. The van der Waals surface area contributed by atoms with Crippen molar-refractivity contribution in [2.75, 3.05) is 0 Å². The lowest BCUT2D eigenvalue weighted by Gasteiger charge is -2.08. The van der Waals surface area contributed by atoms with Gasteiger partial charge in [0.2, 0.25) is 0 Å². The van der Waals surface area contributed by atoms with Gasteiger partial charge in [0.15, 0.2) is 11.5 Å². The Labute approximate surface area is 148 Å². The molecule has 0 aliphatic heterocycles. The van der Waals surface area contributed by atoms with Gasteiger partial charge in [0.1, 0.15) is 17.7 Å². The molecule has 0 N–H and O–H groups in total. The summed E-state index contributed by atoms with van der Waals surface area (Å²) in [6.07, 6.45) is 1.65. The van der Waals surface area contributed by atoms with Crippen LogP contribution in [-0.2, 0) is 6.54 Å². The highest BCUT2D eigenvalue weighted by molar-refractivity contribution is 5.90. The summed E-state index contributed by atoms with van der Waals surface area (Å²) in [5, 5.41) is 20.9. The first kappa shape index (κ1) is 16.1. The predicted octanol–water partition coefficient (Wildman–Crippen LogP) is 2.80. The predicted molar refractivity (Wildman–Crippen MR) is 95.1 cm³/mol. The summed E-state index contributed by atoms with van der Waals surface area (Å²) in [7, 11) is 0. The molecule has 0 saturated carbocycles. The SMILES string of the molecule is Cc1nn(C[C@@H](C)c2nc3c4ccccc4ncn3n2)c(C)c1[N+](=O)[O-]. The highest BCUT2D eigenvalue weighted by Gasteiger charge is 2.24. The Kier molecular flexibility index (Phi) is 3.64. The van der Waals surface area contributed by atoms with Gasteiger partial charge in [0, 0.05) is 11.3 Å².